The van der Waals surface area contributed by atoms with Gasteiger partial charge in [-0.25, -0.2) is 4.98 Å². The van der Waals surface area contributed by atoms with Crippen LogP contribution in [0.25, 0.3) is 33.3 Å². The zero-order chi connectivity index (χ0) is 22.4. The lowest BCUT2D eigenvalue weighted by atomic mass is 10.1. The van der Waals surface area contributed by atoms with Gasteiger partial charge in [0, 0.05) is 37.9 Å². The molecule has 0 atom stereocenters. The van der Waals surface area contributed by atoms with Gasteiger partial charge < -0.3 is 25.3 Å². The quantitative estimate of drug-likeness (QED) is 0.458. The topological polar surface area (TPSA) is 103 Å². The highest BCUT2D eigenvalue weighted by atomic mass is 16.5. The molecule has 4 aromatic rings. The number of fused-ring (bicyclic) bond motifs is 2. The smallest absolute Gasteiger partial charge is 0.261 e. The molecule has 166 valence electrons. The van der Waals surface area contributed by atoms with Crippen LogP contribution in [-0.2, 0) is 0 Å². The number of nitrogens with one attached hydrogen (secondary N) is 2. The lowest BCUT2D eigenvalue weighted by Crippen LogP contribution is -2.48. The van der Waals surface area contributed by atoms with Gasteiger partial charge in [0.1, 0.15) is 17.1 Å². The Morgan fingerprint density at radius 2 is 1.84 bits per heavy atom. The van der Waals surface area contributed by atoms with Crippen LogP contribution in [0.15, 0.2) is 41.2 Å². The number of piperazine rings is 1. The largest absolute Gasteiger partial charge is 0.496 e. The number of aromatic amines is 2. The highest BCUT2D eigenvalue weighted by Crippen LogP contribution is 2.34. The number of ether oxygens (including phenoxy) is 1. The van der Waals surface area contributed by atoms with Gasteiger partial charge in [0.25, 0.3) is 5.56 Å². The fourth-order valence-corrected chi connectivity index (χ4v) is 4.56. The molecule has 0 unspecified atom stereocenters. The van der Waals surface area contributed by atoms with Crippen molar-refractivity contribution in [3.05, 3.63) is 46.8 Å². The molecule has 0 saturated carbocycles. The van der Waals surface area contributed by atoms with E-state index in [1.54, 1.807) is 7.11 Å². The predicted molar refractivity (Wildman–Crippen MR) is 130 cm³/mol. The van der Waals surface area contributed by atoms with E-state index in [2.05, 4.69) is 50.7 Å². The van der Waals surface area contributed by atoms with E-state index in [0.29, 0.717) is 39.8 Å². The summed E-state index contributed by atoms with van der Waals surface area (Å²) in [5.74, 6) is 1.06. The maximum Gasteiger partial charge on any atom is 0.261 e. The molecule has 2 aromatic carbocycles. The summed E-state index contributed by atoms with van der Waals surface area (Å²) in [6.07, 6.45) is 0. The Kier molecular flexibility index (Phi) is 5.01. The molecule has 8 heteroatoms. The standard InChI is InChI=1S/C24H28N6O2/c1-14(2)29-9-11-30(12-10-29)15-7-8-16-18(13-15)27-23(26-16)21-22(25)20-17(28-24(21)31)5-4-6-19(20)32-3/h4-8,13-14H,9-12H2,1-3H3,(H,26,27)(H3,25,28,31). The Labute approximate surface area is 186 Å². The number of methoxy groups -OCH3 is 1. The van der Waals surface area contributed by atoms with Crippen LogP contribution in [0.3, 0.4) is 0 Å². The summed E-state index contributed by atoms with van der Waals surface area (Å²) >= 11 is 0. The fourth-order valence-electron chi connectivity index (χ4n) is 4.56. The van der Waals surface area contributed by atoms with Crippen molar-refractivity contribution in [2.75, 3.05) is 43.9 Å². The van der Waals surface area contributed by atoms with Crippen LogP contribution in [0.4, 0.5) is 11.4 Å². The SMILES string of the molecule is COc1cccc2[nH]c(=O)c(-c3nc4ccc(N5CCN(C(C)C)CC5)cc4[nH]3)c(N)c12. The normalized spacial score (nSPS) is 15.2. The molecular formula is C24H28N6O2. The number of nitrogens with two attached hydrogens (primary N) is 1. The van der Waals surface area contributed by atoms with Crippen LogP contribution in [0.2, 0.25) is 0 Å². The Morgan fingerprint density at radius 3 is 2.56 bits per heavy atom. The number of benzene rings is 2. The first kappa shape index (κ1) is 20.4. The number of hydrogen-bond donors (Lipinski definition) is 3. The Balaban J connectivity index is 1.54. The van der Waals surface area contributed by atoms with E-state index in [-0.39, 0.29) is 5.56 Å². The molecule has 1 aliphatic rings. The van der Waals surface area contributed by atoms with Crippen molar-refractivity contribution < 1.29 is 4.74 Å². The van der Waals surface area contributed by atoms with Crippen molar-refractivity contribution in [3.63, 3.8) is 0 Å². The molecule has 0 radical (unpaired) electrons. The zero-order valence-corrected chi connectivity index (χ0v) is 18.6. The van der Waals surface area contributed by atoms with Gasteiger partial charge in [-0.05, 0) is 44.2 Å². The van der Waals surface area contributed by atoms with Gasteiger partial charge in [-0.15, -0.1) is 0 Å². The predicted octanol–water partition coefficient (Wildman–Crippen LogP) is 3.19. The monoisotopic (exact) mass is 432 g/mol. The molecule has 0 spiro atoms. The number of nitrogens with zero attached hydrogens (tertiary/aromatic N) is 3. The molecule has 8 nitrogen and oxygen atoms in total. The molecule has 1 aliphatic heterocycles. The number of H-pyrrole nitrogens is 2. The summed E-state index contributed by atoms with van der Waals surface area (Å²) < 4.78 is 5.46. The van der Waals surface area contributed by atoms with Crippen LogP contribution in [0.1, 0.15) is 13.8 Å². The van der Waals surface area contributed by atoms with Gasteiger partial charge in [-0.2, -0.15) is 0 Å². The third-order valence-electron chi connectivity index (χ3n) is 6.37. The second-order valence-corrected chi connectivity index (χ2v) is 8.53. The Bertz CT molecular complexity index is 1350. The molecule has 1 fully saturated rings. The average molecular weight is 433 g/mol. The van der Waals surface area contributed by atoms with Gasteiger partial charge in [-0.1, -0.05) is 6.07 Å². The van der Waals surface area contributed by atoms with E-state index in [4.69, 9.17) is 10.5 Å². The molecular weight excluding hydrogens is 404 g/mol. The summed E-state index contributed by atoms with van der Waals surface area (Å²) in [6.45, 7) is 8.56. The number of hydrogen-bond acceptors (Lipinski definition) is 6. The minimum atomic E-state index is -0.285. The van der Waals surface area contributed by atoms with E-state index in [0.717, 1.165) is 42.9 Å². The second kappa shape index (κ2) is 7.87. The molecule has 3 heterocycles. The second-order valence-electron chi connectivity index (χ2n) is 8.53. The molecule has 0 bridgehead atoms. The first-order valence-corrected chi connectivity index (χ1v) is 10.9. The number of rotatable bonds is 4. The van der Waals surface area contributed by atoms with Crippen LogP contribution >= 0.6 is 0 Å². The van der Waals surface area contributed by atoms with E-state index in [9.17, 15) is 4.79 Å². The van der Waals surface area contributed by atoms with Crippen molar-refractivity contribution >= 4 is 33.3 Å². The van der Waals surface area contributed by atoms with Crippen LogP contribution in [0, 0.1) is 0 Å². The Morgan fingerprint density at radius 1 is 1.06 bits per heavy atom. The number of anilines is 2. The Hall–Kier alpha value is -3.52. The first-order chi connectivity index (χ1) is 15.5. The van der Waals surface area contributed by atoms with Crippen molar-refractivity contribution in [2.45, 2.75) is 19.9 Å². The minimum absolute atomic E-state index is 0.285. The van der Waals surface area contributed by atoms with E-state index in [1.165, 1.54) is 0 Å². The highest BCUT2D eigenvalue weighted by Gasteiger charge is 2.21. The summed E-state index contributed by atoms with van der Waals surface area (Å²) in [4.78, 5) is 28.6. The van der Waals surface area contributed by atoms with E-state index >= 15 is 0 Å². The van der Waals surface area contributed by atoms with E-state index in [1.807, 2.05) is 24.3 Å². The highest BCUT2D eigenvalue weighted by molar-refractivity contribution is 6.01. The van der Waals surface area contributed by atoms with Gasteiger partial charge >= 0.3 is 0 Å². The summed E-state index contributed by atoms with van der Waals surface area (Å²) in [7, 11) is 1.59. The number of aromatic nitrogens is 3. The van der Waals surface area contributed by atoms with Gasteiger partial charge in [-0.3, -0.25) is 9.69 Å². The van der Waals surface area contributed by atoms with Crippen molar-refractivity contribution in [1.82, 2.24) is 19.9 Å². The van der Waals surface area contributed by atoms with Crippen LogP contribution in [-0.4, -0.2) is 59.2 Å². The molecule has 1 saturated heterocycles. The van der Waals surface area contributed by atoms with Crippen molar-refractivity contribution in [1.29, 1.82) is 0 Å². The molecule has 0 amide bonds. The fraction of sp³-hybridized carbons (Fsp3) is 0.333. The third-order valence-corrected chi connectivity index (χ3v) is 6.37. The maximum atomic E-state index is 12.9. The number of nitrogen functional groups attached to an aromatic ring is 1. The van der Waals surface area contributed by atoms with Crippen molar-refractivity contribution in [3.8, 4) is 17.1 Å². The number of imidazole rings is 1. The molecule has 2 aromatic heterocycles. The van der Waals surface area contributed by atoms with Gasteiger partial charge in [0.15, 0.2) is 0 Å². The lowest BCUT2D eigenvalue weighted by Gasteiger charge is -2.38. The van der Waals surface area contributed by atoms with Gasteiger partial charge in [0.2, 0.25) is 0 Å². The van der Waals surface area contributed by atoms with Crippen molar-refractivity contribution in [2.24, 2.45) is 0 Å². The number of pyridine rings is 1. The molecule has 32 heavy (non-hydrogen) atoms. The summed E-state index contributed by atoms with van der Waals surface area (Å²) in [5.41, 5.74) is 10.3. The lowest BCUT2D eigenvalue weighted by molar-refractivity contribution is 0.209. The first-order valence-electron chi connectivity index (χ1n) is 10.9. The minimum Gasteiger partial charge on any atom is -0.496 e. The summed E-state index contributed by atoms with van der Waals surface area (Å²) in [5, 5.41) is 0.675. The third kappa shape index (κ3) is 3.36. The average Bonchev–Trinajstić information content (AvgIpc) is 3.21. The zero-order valence-electron chi connectivity index (χ0n) is 18.6. The molecule has 4 N–H and O–H groups in total. The van der Waals surface area contributed by atoms with Crippen LogP contribution < -0.4 is 20.9 Å². The molecule has 5 rings (SSSR count). The molecule has 0 aliphatic carbocycles. The maximum absolute atomic E-state index is 12.9. The van der Waals surface area contributed by atoms with Gasteiger partial charge in [0.05, 0.1) is 34.7 Å². The van der Waals surface area contributed by atoms with Crippen LogP contribution in [0.5, 0.6) is 5.75 Å². The van der Waals surface area contributed by atoms with E-state index < -0.39 is 0 Å². The summed E-state index contributed by atoms with van der Waals surface area (Å²) in [6, 6.07) is 12.2.